The van der Waals surface area contributed by atoms with E-state index in [1.54, 1.807) is 29.0 Å². The minimum Gasteiger partial charge on any atom is -0.352 e. The quantitative estimate of drug-likeness (QED) is 0.941. The summed E-state index contributed by atoms with van der Waals surface area (Å²) in [5.74, 6) is -0.0701. The highest BCUT2D eigenvalue weighted by molar-refractivity contribution is 6.31. The van der Waals surface area contributed by atoms with Gasteiger partial charge in [0.1, 0.15) is 6.54 Å². The van der Waals surface area contributed by atoms with Crippen molar-refractivity contribution in [2.24, 2.45) is 0 Å². The second-order valence-electron chi connectivity index (χ2n) is 4.85. The van der Waals surface area contributed by atoms with E-state index < -0.39 is 0 Å². The van der Waals surface area contributed by atoms with Crippen LogP contribution in [0.15, 0.2) is 35.3 Å². The van der Waals surface area contributed by atoms with Gasteiger partial charge in [-0.15, -0.1) is 0 Å². The van der Waals surface area contributed by atoms with E-state index in [9.17, 15) is 9.59 Å². The summed E-state index contributed by atoms with van der Waals surface area (Å²) in [6.07, 6.45) is 2.51. The number of benzene rings is 1. The number of carbonyl (C=O) groups is 1. The van der Waals surface area contributed by atoms with Crippen molar-refractivity contribution in [1.82, 2.24) is 9.88 Å². The molecule has 0 aliphatic carbocycles. The zero-order chi connectivity index (χ0) is 14.7. The molecule has 1 heterocycles. The van der Waals surface area contributed by atoms with Crippen LogP contribution in [0.25, 0.3) is 10.9 Å². The lowest BCUT2D eigenvalue weighted by Gasteiger charge is -2.14. The summed E-state index contributed by atoms with van der Waals surface area (Å²) < 4.78 is 1.75. The van der Waals surface area contributed by atoms with Gasteiger partial charge in [0.25, 0.3) is 0 Å². The molecule has 1 atom stereocenters. The number of halogens is 1. The van der Waals surface area contributed by atoms with Crippen LogP contribution in [-0.4, -0.2) is 16.5 Å². The van der Waals surface area contributed by atoms with Gasteiger partial charge < -0.3 is 9.88 Å². The molecule has 0 saturated carbocycles. The lowest BCUT2D eigenvalue weighted by Crippen LogP contribution is -2.34. The largest absolute Gasteiger partial charge is 0.352 e. The average Bonchev–Trinajstić information content (AvgIpc) is 2.42. The van der Waals surface area contributed by atoms with Crippen LogP contribution in [-0.2, 0) is 11.3 Å². The average molecular weight is 293 g/mol. The topological polar surface area (TPSA) is 51.1 Å². The SMILES string of the molecule is CCC(C)NC(=O)Cn1ccc(=O)c2cc(Cl)ccc21. The summed E-state index contributed by atoms with van der Waals surface area (Å²) in [6, 6.07) is 6.70. The van der Waals surface area contributed by atoms with Gasteiger partial charge in [-0.1, -0.05) is 18.5 Å². The van der Waals surface area contributed by atoms with Gasteiger partial charge in [0, 0.05) is 28.7 Å². The number of nitrogens with one attached hydrogen (secondary N) is 1. The smallest absolute Gasteiger partial charge is 0.240 e. The van der Waals surface area contributed by atoms with E-state index in [0.29, 0.717) is 15.9 Å². The Morgan fingerprint density at radius 3 is 2.85 bits per heavy atom. The van der Waals surface area contributed by atoms with Crippen molar-refractivity contribution >= 4 is 28.4 Å². The van der Waals surface area contributed by atoms with Crippen LogP contribution in [0.3, 0.4) is 0 Å². The fourth-order valence-electron chi connectivity index (χ4n) is 2.00. The fourth-order valence-corrected chi connectivity index (χ4v) is 2.17. The lowest BCUT2D eigenvalue weighted by molar-refractivity contribution is -0.122. The summed E-state index contributed by atoms with van der Waals surface area (Å²) in [6.45, 7) is 4.16. The van der Waals surface area contributed by atoms with Gasteiger partial charge in [-0.2, -0.15) is 0 Å². The Morgan fingerprint density at radius 2 is 2.15 bits per heavy atom. The summed E-state index contributed by atoms with van der Waals surface area (Å²) >= 11 is 5.91. The summed E-state index contributed by atoms with van der Waals surface area (Å²) in [4.78, 5) is 23.8. The predicted octanol–water partition coefficient (Wildman–Crippen LogP) is 2.57. The third-order valence-corrected chi connectivity index (χ3v) is 3.51. The maximum absolute atomic E-state index is 11.9. The van der Waals surface area contributed by atoms with Gasteiger partial charge in [0.2, 0.25) is 5.91 Å². The van der Waals surface area contributed by atoms with Gasteiger partial charge in [0.15, 0.2) is 5.43 Å². The van der Waals surface area contributed by atoms with Crippen molar-refractivity contribution in [2.45, 2.75) is 32.9 Å². The number of amides is 1. The Balaban J connectivity index is 2.34. The van der Waals surface area contributed by atoms with Crippen LogP contribution in [0.2, 0.25) is 5.02 Å². The maximum atomic E-state index is 11.9. The Bertz CT molecular complexity index is 694. The van der Waals surface area contributed by atoms with E-state index in [2.05, 4.69) is 5.32 Å². The van der Waals surface area contributed by atoms with Gasteiger partial charge in [0.05, 0.1) is 5.52 Å². The number of fused-ring (bicyclic) bond motifs is 1. The minimum atomic E-state index is -0.0962. The highest BCUT2D eigenvalue weighted by atomic mass is 35.5. The van der Waals surface area contributed by atoms with Crippen molar-refractivity contribution in [1.29, 1.82) is 0 Å². The molecule has 0 fully saturated rings. The normalized spacial score (nSPS) is 12.3. The molecule has 0 aliphatic rings. The molecule has 4 nitrogen and oxygen atoms in total. The molecule has 5 heteroatoms. The third kappa shape index (κ3) is 3.20. The standard InChI is InChI=1S/C15H17ClN2O2/c1-3-10(2)17-15(20)9-18-7-6-14(19)12-8-11(16)4-5-13(12)18/h4-8,10H,3,9H2,1-2H3,(H,17,20). The van der Waals surface area contributed by atoms with Gasteiger partial charge in [-0.05, 0) is 31.5 Å². The number of aromatic nitrogens is 1. The highest BCUT2D eigenvalue weighted by Gasteiger charge is 2.09. The first-order valence-corrected chi connectivity index (χ1v) is 6.97. The lowest BCUT2D eigenvalue weighted by atomic mass is 10.2. The molecule has 0 saturated heterocycles. The van der Waals surface area contributed by atoms with Crippen LogP contribution < -0.4 is 10.7 Å². The zero-order valence-corrected chi connectivity index (χ0v) is 12.3. The van der Waals surface area contributed by atoms with Crippen molar-refractivity contribution in [3.05, 3.63) is 45.7 Å². The van der Waals surface area contributed by atoms with Crippen molar-refractivity contribution in [3.63, 3.8) is 0 Å². The first kappa shape index (κ1) is 14.6. The molecule has 106 valence electrons. The number of hydrogen-bond donors (Lipinski definition) is 1. The molecule has 1 aromatic heterocycles. The Morgan fingerprint density at radius 1 is 1.40 bits per heavy atom. The van der Waals surface area contributed by atoms with E-state index in [1.165, 1.54) is 6.07 Å². The number of nitrogens with zero attached hydrogens (tertiary/aromatic N) is 1. The van der Waals surface area contributed by atoms with Crippen LogP contribution >= 0.6 is 11.6 Å². The Hall–Kier alpha value is -1.81. The molecule has 1 unspecified atom stereocenters. The van der Waals surface area contributed by atoms with Gasteiger partial charge >= 0.3 is 0 Å². The van der Waals surface area contributed by atoms with Gasteiger partial charge in [-0.3, -0.25) is 9.59 Å². The molecule has 1 aromatic carbocycles. The molecular formula is C15H17ClN2O2. The van der Waals surface area contributed by atoms with E-state index in [1.807, 2.05) is 13.8 Å². The van der Waals surface area contributed by atoms with Gasteiger partial charge in [-0.25, -0.2) is 0 Å². The Labute approximate surface area is 122 Å². The monoisotopic (exact) mass is 292 g/mol. The number of rotatable bonds is 4. The second kappa shape index (κ2) is 6.09. The Kier molecular flexibility index (Phi) is 4.45. The molecular weight excluding hydrogens is 276 g/mol. The zero-order valence-electron chi connectivity index (χ0n) is 11.5. The molecule has 2 aromatic rings. The molecule has 0 spiro atoms. The van der Waals surface area contributed by atoms with Crippen LogP contribution in [0.5, 0.6) is 0 Å². The third-order valence-electron chi connectivity index (χ3n) is 3.27. The molecule has 0 aliphatic heterocycles. The van der Waals surface area contributed by atoms with E-state index in [-0.39, 0.29) is 23.9 Å². The second-order valence-corrected chi connectivity index (χ2v) is 5.28. The van der Waals surface area contributed by atoms with Crippen LogP contribution in [0.1, 0.15) is 20.3 Å². The molecule has 20 heavy (non-hydrogen) atoms. The van der Waals surface area contributed by atoms with Crippen molar-refractivity contribution in [2.75, 3.05) is 0 Å². The first-order valence-electron chi connectivity index (χ1n) is 6.59. The van der Waals surface area contributed by atoms with E-state index >= 15 is 0 Å². The maximum Gasteiger partial charge on any atom is 0.240 e. The number of carbonyl (C=O) groups excluding carboxylic acids is 1. The number of hydrogen-bond acceptors (Lipinski definition) is 2. The minimum absolute atomic E-state index is 0.0701. The van der Waals surface area contributed by atoms with Crippen molar-refractivity contribution < 1.29 is 4.79 Å². The molecule has 1 N–H and O–H groups in total. The summed E-state index contributed by atoms with van der Waals surface area (Å²) in [7, 11) is 0. The first-order chi connectivity index (χ1) is 9.51. The van der Waals surface area contributed by atoms with E-state index in [0.717, 1.165) is 6.42 Å². The fraction of sp³-hybridized carbons (Fsp3) is 0.333. The molecule has 0 radical (unpaired) electrons. The summed E-state index contributed by atoms with van der Waals surface area (Å²) in [5, 5.41) is 3.94. The summed E-state index contributed by atoms with van der Waals surface area (Å²) in [5.41, 5.74) is 0.613. The molecule has 1 amide bonds. The number of pyridine rings is 1. The molecule has 0 bridgehead atoms. The predicted molar refractivity (Wildman–Crippen MR) is 81.1 cm³/mol. The van der Waals surface area contributed by atoms with Crippen LogP contribution in [0.4, 0.5) is 0 Å². The molecule has 2 rings (SSSR count). The van der Waals surface area contributed by atoms with Crippen molar-refractivity contribution in [3.8, 4) is 0 Å². The van der Waals surface area contributed by atoms with E-state index in [4.69, 9.17) is 11.6 Å². The van der Waals surface area contributed by atoms with Crippen LogP contribution in [0, 0.1) is 0 Å². The highest BCUT2D eigenvalue weighted by Crippen LogP contribution is 2.16.